The number of anilines is 1. The average Bonchev–Trinajstić information content (AvgIpc) is 2.77. The molecule has 0 radical (unpaired) electrons. The zero-order valence-corrected chi connectivity index (χ0v) is 18.4. The number of nitrogens with one attached hydrogen (secondary N) is 1. The lowest BCUT2D eigenvalue weighted by Crippen LogP contribution is -2.45. The fraction of sp³-hybridized carbons (Fsp3) is 0.364. The molecule has 8 heteroatoms. The highest BCUT2D eigenvalue weighted by molar-refractivity contribution is 9.10. The number of halogens is 1. The third kappa shape index (κ3) is 4.23. The molecule has 3 aromatic rings. The fourth-order valence-electron chi connectivity index (χ4n) is 3.93. The molecule has 156 valence electrons. The van der Waals surface area contributed by atoms with Gasteiger partial charge in [0.2, 0.25) is 5.91 Å². The van der Waals surface area contributed by atoms with Crippen LogP contribution >= 0.6 is 15.9 Å². The molecule has 0 saturated carbocycles. The van der Waals surface area contributed by atoms with Crippen molar-refractivity contribution in [2.75, 3.05) is 18.0 Å². The Morgan fingerprint density at radius 3 is 2.97 bits per heavy atom. The van der Waals surface area contributed by atoms with Crippen LogP contribution in [0.25, 0.3) is 11.2 Å². The number of aromatic nitrogens is 3. The lowest BCUT2D eigenvalue weighted by Gasteiger charge is -2.32. The van der Waals surface area contributed by atoms with Crippen molar-refractivity contribution in [3.8, 4) is 0 Å². The zero-order valence-electron chi connectivity index (χ0n) is 16.8. The number of rotatable bonds is 5. The van der Waals surface area contributed by atoms with Gasteiger partial charge in [-0.1, -0.05) is 28.1 Å². The summed E-state index contributed by atoms with van der Waals surface area (Å²) in [5.41, 5.74) is 2.17. The van der Waals surface area contributed by atoms with Crippen LogP contribution < -0.4 is 15.8 Å². The molecule has 2 aromatic heterocycles. The van der Waals surface area contributed by atoms with Crippen LogP contribution in [0.2, 0.25) is 0 Å². The van der Waals surface area contributed by atoms with Crippen LogP contribution in [0.1, 0.15) is 25.3 Å². The van der Waals surface area contributed by atoms with E-state index in [1.807, 2.05) is 48.2 Å². The SMILES string of the molecule is CCn1c(=O)c(N2CCC[C@@H](C(=O)NCc3cccc(Br)c3)C2)nc2cccnc21. The van der Waals surface area contributed by atoms with Gasteiger partial charge in [-0.3, -0.25) is 14.2 Å². The minimum absolute atomic E-state index is 0.0120. The van der Waals surface area contributed by atoms with Gasteiger partial charge in [0.05, 0.1) is 5.92 Å². The maximum absolute atomic E-state index is 13.0. The molecule has 3 heterocycles. The minimum Gasteiger partial charge on any atom is -0.352 e. The van der Waals surface area contributed by atoms with E-state index >= 15 is 0 Å². The second kappa shape index (κ2) is 8.95. The second-order valence-electron chi connectivity index (χ2n) is 7.46. The molecule has 0 aliphatic carbocycles. The van der Waals surface area contributed by atoms with E-state index < -0.39 is 0 Å². The Labute approximate surface area is 183 Å². The summed E-state index contributed by atoms with van der Waals surface area (Å²) in [6.45, 7) is 4.13. The standard InChI is InChI=1S/C22H24BrN5O2/c1-2-28-19-18(9-4-10-24-19)26-20(22(28)30)27-11-5-7-16(14-27)21(29)25-13-15-6-3-8-17(23)12-15/h3-4,6,8-10,12,16H,2,5,7,11,13-14H2,1H3,(H,25,29)/t16-/m1/s1. The molecule has 30 heavy (non-hydrogen) atoms. The van der Waals surface area contributed by atoms with Gasteiger partial charge in [0.1, 0.15) is 5.52 Å². The lowest BCUT2D eigenvalue weighted by atomic mass is 9.97. The van der Waals surface area contributed by atoms with Gasteiger partial charge in [-0.25, -0.2) is 9.97 Å². The molecule has 1 fully saturated rings. The van der Waals surface area contributed by atoms with E-state index in [0.717, 1.165) is 22.9 Å². The number of amides is 1. The smallest absolute Gasteiger partial charge is 0.295 e. The second-order valence-corrected chi connectivity index (χ2v) is 8.38. The predicted octanol–water partition coefficient (Wildman–Crippen LogP) is 3.11. The molecule has 7 nitrogen and oxygen atoms in total. The Bertz CT molecular complexity index is 1130. The molecule has 1 aromatic carbocycles. The van der Waals surface area contributed by atoms with Crippen LogP contribution in [0.15, 0.2) is 51.9 Å². The van der Waals surface area contributed by atoms with Crippen LogP contribution in [0.4, 0.5) is 5.82 Å². The average molecular weight is 470 g/mol. The van der Waals surface area contributed by atoms with Crippen molar-refractivity contribution in [1.29, 1.82) is 0 Å². The summed E-state index contributed by atoms with van der Waals surface area (Å²) in [6, 6.07) is 11.6. The van der Waals surface area contributed by atoms with Crippen molar-refractivity contribution in [3.05, 3.63) is 63.0 Å². The summed E-state index contributed by atoms with van der Waals surface area (Å²) in [5, 5.41) is 3.03. The molecule has 1 aliphatic rings. The summed E-state index contributed by atoms with van der Waals surface area (Å²) in [4.78, 5) is 36.7. The highest BCUT2D eigenvalue weighted by Gasteiger charge is 2.28. The first kappa shape index (κ1) is 20.5. The number of aryl methyl sites for hydroxylation is 1. The van der Waals surface area contributed by atoms with Gasteiger partial charge in [0.25, 0.3) is 5.56 Å². The van der Waals surface area contributed by atoms with E-state index in [9.17, 15) is 9.59 Å². The van der Waals surface area contributed by atoms with Crippen molar-refractivity contribution in [2.24, 2.45) is 5.92 Å². The summed E-state index contributed by atoms with van der Waals surface area (Å²) in [6.07, 6.45) is 3.31. The minimum atomic E-state index is -0.174. The molecule has 4 rings (SSSR count). The highest BCUT2D eigenvalue weighted by Crippen LogP contribution is 2.21. The number of hydrogen-bond donors (Lipinski definition) is 1. The number of fused-ring (bicyclic) bond motifs is 1. The summed E-state index contributed by atoms with van der Waals surface area (Å²) < 4.78 is 2.64. The Kier molecular flexibility index (Phi) is 6.13. The van der Waals surface area contributed by atoms with Gasteiger partial charge in [0, 0.05) is 36.8 Å². The number of pyridine rings is 1. The zero-order chi connectivity index (χ0) is 21.1. The van der Waals surface area contributed by atoms with Gasteiger partial charge in [-0.2, -0.15) is 0 Å². The Morgan fingerprint density at radius 2 is 2.17 bits per heavy atom. The molecule has 0 spiro atoms. The fourth-order valence-corrected chi connectivity index (χ4v) is 4.37. The normalized spacial score (nSPS) is 16.6. The molecule has 1 atom stereocenters. The van der Waals surface area contributed by atoms with Crippen molar-refractivity contribution >= 4 is 38.8 Å². The van der Waals surface area contributed by atoms with Crippen molar-refractivity contribution in [3.63, 3.8) is 0 Å². The quantitative estimate of drug-likeness (QED) is 0.620. The highest BCUT2D eigenvalue weighted by atomic mass is 79.9. The number of hydrogen-bond acceptors (Lipinski definition) is 5. The molecule has 1 saturated heterocycles. The number of nitrogens with zero attached hydrogens (tertiary/aromatic N) is 4. The Hall–Kier alpha value is -2.74. The van der Waals surface area contributed by atoms with Crippen LogP contribution in [0.5, 0.6) is 0 Å². The molecular weight excluding hydrogens is 446 g/mol. The van der Waals surface area contributed by atoms with E-state index in [1.165, 1.54) is 0 Å². The summed E-state index contributed by atoms with van der Waals surface area (Å²) in [7, 11) is 0. The summed E-state index contributed by atoms with van der Waals surface area (Å²) >= 11 is 3.45. The molecule has 0 bridgehead atoms. The third-order valence-electron chi connectivity index (χ3n) is 5.45. The van der Waals surface area contributed by atoms with Gasteiger partial charge < -0.3 is 10.2 Å². The largest absolute Gasteiger partial charge is 0.352 e. The van der Waals surface area contributed by atoms with Gasteiger partial charge in [-0.05, 0) is 49.6 Å². The first-order chi connectivity index (χ1) is 14.6. The van der Waals surface area contributed by atoms with E-state index in [2.05, 4.69) is 31.2 Å². The van der Waals surface area contributed by atoms with E-state index in [0.29, 0.717) is 43.2 Å². The van der Waals surface area contributed by atoms with Crippen molar-refractivity contribution in [2.45, 2.75) is 32.9 Å². The maximum Gasteiger partial charge on any atom is 0.295 e. The van der Waals surface area contributed by atoms with E-state index in [4.69, 9.17) is 0 Å². The van der Waals surface area contributed by atoms with E-state index in [-0.39, 0.29) is 17.4 Å². The van der Waals surface area contributed by atoms with Gasteiger partial charge in [-0.15, -0.1) is 0 Å². The van der Waals surface area contributed by atoms with E-state index in [1.54, 1.807) is 10.8 Å². The molecular formula is C22H24BrN5O2. The van der Waals surface area contributed by atoms with Crippen LogP contribution in [-0.2, 0) is 17.9 Å². The maximum atomic E-state index is 13.0. The summed E-state index contributed by atoms with van der Waals surface area (Å²) in [5.74, 6) is 0.242. The van der Waals surface area contributed by atoms with Crippen LogP contribution in [-0.4, -0.2) is 33.5 Å². The monoisotopic (exact) mass is 469 g/mol. The lowest BCUT2D eigenvalue weighted by molar-refractivity contribution is -0.125. The third-order valence-corrected chi connectivity index (χ3v) is 5.94. The Balaban J connectivity index is 1.52. The number of piperidine rings is 1. The van der Waals surface area contributed by atoms with Crippen molar-refractivity contribution < 1.29 is 4.79 Å². The first-order valence-corrected chi connectivity index (χ1v) is 11.0. The number of benzene rings is 1. The molecule has 1 amide bonds. The molecule has 1 aliphatic heterocycles. The molecule has 1 N–H and O–H groups in total. The van der Waals surface area contributed by atoms with Gasteiger partial charge in [0.15, 0.2) is 11.5 Å². The Morgan fingerprint density at radius 1 is 1.30 bits per heavy atom. The molecule has 0 unspecified atom stereocenters. The van der Waals surface area contributed by atoms with Crippen LogP contribution in [0, 0.1) is 5.92 Å². The van der Waals surface area contributed by atoms with Crippen LogP contribution in [0.3, 0.4) is 0 Å². The van der Waals surface area contributed by atoms with Crippen molar-refractivity contribution in [1.82, 2.24) is 19.9 Å². The first-order valence-electron chi connectivity index (χ1n) is 10.2. The number of carbonyl (C=O) groups is 1. The topological polar surface area (TPSA) is 80.1 Å². The van der Waals surface area contributed by atoms with Gasteiger partial charge >= 0.3 is 0 Å². The number of carbonyl (C=O) groups excluding carboxylic acids is 1. The predicted molar refractivity (Wildman–Crippen MR) is 120 cm³/mol.